The lowest BCUT2D eigenvalue weighted by atomic mass is 9.97. The van der Waals surface area contributed by atoms with E-state index in [0.717, 1.165) is 74.1 Å². The molecule has 1 atom stereocenters. The maximum absolute atomic E-state index is 12.9. The largest absolute Gasteiger partial charge is 0.369 e. The smallest absolute Gasteiger partial charge is 0.224 e. The summed E-state index contributed by atoms with van der Waals surface area (Å²) in [6.45, 7) is 11.8. The Morgan fingerprint density at radius 3 is 2.76 bits per heavy atom. The number of benzene rings is 1. The van der Waals surface area contributed by atoms with Gasteiger partial charge in [0.25, 0.3) is 0 Å². The van der Waals surface area contributed by atoms with Crippen molar-refractivity contribution in [3.8, 4) is 0 Å². The molecule has 8 heteroatoms. The number of amides is 1. The number of piperidine rings is 1. The summed E-state index contributed by atoms with van der Waals surface area (Å²) in [6, 6.07) is 10.5. The quantitative estimate of drug-likeness (QED) is 0.585. The Balaban J connectivity index is 1.07. The highest BCUT2D eigenvalue weighted by Gasteiger charge is 2.27. The van der Waals surface area contributed by atoms with Gasteiger partial charge in [-0.2, -0.15) is 0 Å². The first-order valence-corrected chi connectivity index (χ1v) is 13.2. The third-order valence-corrected chi connectivity index (χ3v) is 8.27. The zero-order valence-electron chi connectivity index (χ0n) is 20.2. The average Bonchev–Trinajstić information content (AvgIpc) is 3.31. The van der Waals surface area contributed by atoms with Gasteiger partial charge in [0.15, 0.2) is 5.13 Å². The Morgan fingerprint density at radius 2 is 1.94 bits per heavy atom. The van der Waals surface area contributed by atoms with Crippen LogP contribution in [0, 0.1) is 19.8 Å². The minimum Gasteiger partial charge on any atom is -0.369 e. The zero-order valence-corrected chi connectivity index (χ0v) is 21.0. The molecular formula is C26H34N6OS. The van der Waals surface area contributed by atoms with Crippen molar-refractivity contribution in [1.29, 1.82) is 0 Å². The predicted molar refractivity (Wildman–Crippen MR) is 140 cm³/mol. The summed E-state index contributed by atoms with van der Waals surface area (Å²) in [4.78, 5) is 30.2. The first-order valence-electron chi connectivity index (χ1n) is 12.4. The molecule has 180 valence electrons. The molecule has 1 unspecified atom stereocenters. The topological polar surface area (TPSA) is 64.6 Å². The Kier molecular flexibility index (Phi) is 6.97. The van der Waals surface area contributed by atoms with Crippen molar-refractivity contribution < 1.29 is 4.79 Å². The number of hydrogen-bond acceptors (Lipinski definition) is 7. The summed E-state index contributed by atoms with van der Waals surface area (Å²) in [5.74, 6) is 0.202. The number of carbonyl (C=O) groups excluding carboxylic acids is 1. The summed E-state index contributed by atoms with van der Waals surface area (Å²) in [5.41, 5.74) is 5.03. The summed E-state index contributed by atoms with van der Waals surface area (Å²) < 4.78 is 0. The van der Waals surface area contributed by atoms with Crippen LogP contribution in [0.1, 0.15) is 24.0 Å². The number of hydrogen-bond donors (Lipinski definition) is 1. The highest BCUT2D eigenvalue weighted by molar-refractivity contribution is 7.21. The monoisotopic (exact) mass is 478 g/mol. The van der Waals surface area contributed by atoms with Crippen molar-refractivity contribution >= 4 is 38.4 Å². The van der Waals surface area contributed by atoms with Crippen molar-refractivity contribution in [3.05, 3.63) is 47.7 Å². The van der Waals surface area contributed by atoms with E-state index in [1.807, 2.05) is 12.1 Å². The van der Waals surface area contributed by atoms with Crippen LogP contribution in [-0.4, -0.2) is 73.1 Å². The molecule has 0 aliphatic carbocycles. The van der Waals surface area contributed by atoms with Crippen LogP contribution < -0.4 is 15.1 Å². The van der Waals surface area contributed by atoms with Crippen LogP contribution in [0.2, 0.25) is 0 Å². The fourth-order valence-corrected chi connectivity index (χ4v) is 5.97. The minimum atomic E-state index is 0.0230. The van der Waals surface area contributed by atoms with E-state index in [1.165, 1.54) is 16.8 Å². The SMILES string of the molecule is Cc1cccc(N2CCN(CCNC(=O)C3CCCN(c4nc5cccnc5s4)C3)CC2)c1C. The van der Waals surface area contributed by atoms with Crippen LogP contribution in [0.15, 0.2) is 36.5 Å². The van der Waals surface area contributed by atoms with E-state index >= 15 is 0 Å². The number of rotatable bonds is 6. The second-order valence-electron chi connectivity index (χ2n) is 9.45. The highest BCUT2D eigenvalue weighted by Crippen LogP contribution is 2.30. The Morgan fingerprint density at radius 1 is 1.09 bits per heavy atom. The van der Waals surface area contributed by atoms with E-state index in [9.17, 15) is 4.79 Å². The van der Waals surface area contributed by atoms with Crippen LogP contribution in [-0.2, 0) is 4.79 Å². The van der Waals surface area contributed by atoms with Crippen LogP contribution in [0.4, 0.5) is 10.8 Å². The van der Waals surface area contributed by atoms with Gasteiger partial charge in [0.2, 0.25) is 5.91 Å². The number of piperazine rings is 1. The first-order chi connectivity index (χ1) is 16.6. The summed E-state index contributed by atoms with van der Waals surface area (Å²) >= 11 is 1.62. The number of fused-ring (bicyclic) bond motifs is 1. The lowest BCUT2D eigenvalue weighted by molar-refractivity contribution is -0.125. The molecule has 0 spiro atoms. The van der Waals surface area contributed by atoms with Crippen LogP contribution >= 0.6 is 11.3 Å². The van der Waals surface area contributed by atoms with Crippen LogP contribution in [0.25, 0.3) is 10.3 Å². The summed E-state index contributed by atoms with van der Waals surface area (Å²) in [7, 11) is 0. The minimum absolute atomic E-state index is 0.0230. The molecule has 0 bridgehead atoms. The molecule has 3 aromatic rings. The molecule has 2 fully saturated rings. The van der Waals surface area contributed by atoms with Crippen molar-refractivity contribution in [3.63, 3.8) is 0 Å². The van der Waals surface area contributed by atoms with Gasteiger partial charge in [0.05, 0.1) is 5.92 Å². The predicted octanol–water partition coefficient (Wildman–Crippen LogP) is 3.46. The lowest BCUT2D eigenvalue weighted by Crippen LogP contribution is -2.49. The Bertz CT molecular complexity index is 1110. The van der Waals surface area contributed by atoms with Crippen molar-refractivity contribution in [1.82, 2.24) is 20.2 Å². The molecule has 34 heavy (non-hydrogen) atoms. The molecule has 0 saturated carbocycles. The van der Waals surface area contributed by atoms with E-state index in [4.69, 9.17) is 4.98 Å². The number of nitrogens with zero attached hydrogens (tertiary/aromatic N) is 5. The maximum atomic E-state index is 12.9. The average molecular weight is 479 g/mol. The first kappa shape index (κ1) is 23.1. The van der Waals surface area contributed by atoms with Gasteiger partial charge >= 0.3 is 0 Å². The van der Waals surface area contributed by atoms with Crippen molar-refractivity contribution in [2.75, 3.05) is 62.2 Å². The van der Waals surface area contributed by atoms with Gasteiger partial charge in [-0.05, 0) is 56.0 Å². The molecule has 2 aliphatic heterocycles. The highest BCUT2D eigenvalue weighted by atomic mass is 32.1. The number of carbonyl (C=O) groups is 1. The molecule has 2 saturated heterocycles. The van der Waals surface area contributed by atoms with Crippen LogP contribution in [0.5, 0.6) is 0 Å². The molecule has 1 amide bonds. The lowest BCUT2D eigenvalue weighted by Gasteiger charge is -2.37. The number of thiazole rings is 1. The molecular weight excluding hydrogens is 444 g/mol. The van der Waals surface area contributed by atoms with Gasteiger partial charge in [-0.25, -0.2) is 9.97 Å². The fraction of sp³-hybridized carbons (Fsp3) is 0.500. The molecule has 1 N–H and O–H groups in total. The van der Waals surface area contributed by atoms with E-state index in [0.29, 0.717) is 6.54 Å². The molecule has 5 rings (SSSR count). The van der Waals surface area contributed by atoms with Gasteiger partial charge < -0.3 is 15.1 Å². The van der Waals surface area contributed by atoms with Gasteiger partial charge in [-0.15, -0.1) is 0 Å². The number of aryl methyl sites for hydroxylation is 1. The Labute approximate surface area is 205 Å². The van der Waals surface area contributed by atoms with Gasteiger partial charge in [-0.3, -0.25) is 9.69 Å². The van der Waals surface area contributed by atoms with Crippen LogP contribution in [0.3, 0.4) is 0 Å². The zero-order chi connectivity index (χ0) is 23.5. The number of aromatic nitrogens is 2. The standard InChI is InChI=1S/C26H34N6OS/c1-19-6-3-9-23(20(19)2)31-16-14-30(15-17-31)13-11-27-24(33)21-7-5-12-32(18-21)26-29-22-8-4-10-28-25(22)34-26/h3-4,6,8-10,21H,5,7,11-18H2,1-2H3,(H,27,33). The number of pyridine rings is 1. The molecule has 2 aromatic heterocycles. The number of nitrogens with one attached hydrogen (secondary N) is 1. The molecule has 0 radical (unpaired) electrons. The fourth-order valence-electron chi connectivity index (χ4n) is 5.03. The second-order valence-corrected chi connectivity index (χ2v) is 10.4. The van der Waals surface area contributed by atoms with Crippen molar-refractivity contribution in [2.24, 2.45) is 5.92 Å². The third-order valence-electron chi connectivity index (χ3n) is 7.23. The van der Waals surface area contributed by atoms with Crippen molar-refractivity contribution in [2.45, 2.75) is 26.7 Å². The summed E-state index contributed by atoms with van der Waals surface area (Å²) in [6.07, 6.45) is 3.77. The Hall–Kier alpha value is -2.71. The third kappa shape index (κ3) is 5.03. The normalized spacial score (nSPS) is 19.5. The summed E-state index contributed by atoms with van der Waals surface area (Å²) in [5, 5.41) is 4.19. The van der Waals surface area contributed by atoms with E-state index in [1.54, 1.807) is 17.5 Å². The molecule has 1 aromatic carbocycles. The van der Waals surface area contributed by atoms with Gasteiger partial charge in [0.1, 0.15) is 10.3 Å². The van der Waals surface area contributed by atoms with E-state index < -0.39 is 0 Å². The van der Waals surface area contributed by atoms with E-state index in [2.05, 4.69) is 57.0 Å². The molecule has 2 aliphatic rings. The van der Waals surface area contributed by atoms with E-state index in [-0.39, 0.29) is 11.8 Å². The second kappa shape index (κ2) is 10.3. The maximum Gasteiger partial charge on any atom is 0.224 e. The molecule has 7 nitrogen and oxygen atoms in total. The van der Waals surface area contributed by atoms with Gasteiger partial charge in [-0.1, -0.05) is 23.5 Å². The molecule has 4 heterocycles. The number of anilines is 2. The van der Waals surface area contributed by atoms with Gasteiger partial charge in [0, 0.05) is 64.2 Å².